The lowest BCUT2D eigenvalue weighted by molar-refractivity contribution is -0.144. The van der Waals surface area contributed by atoms with Gasteiger partial charge < -0.3 is 0 Å². The van der Waals surface area contributed by atoms with Crippen LogP contribution in [0.15, 0.2) is 0 Å². The van der Waals surface area contributed by atoms with Gasteiger partial charge in [-0.2, -0.15) is 0 Å². The van der Waals surface area contributed by atoms with Gasteiger partial charge in [-0.15, -0.1) is 0 Å². The van der Waals surface area contributed by atoms with Crippen LogP contribution in [0.3, 0.4) is 0 Å². The van der Waals surface area contributed by atoms with Crippen molar-refractivity contribution in [2.75, 3.05) is 13.1 Å². The van der Waals surface area contributed by atoms with E-state index in [4.69, 9.17) is 0 Å². The van der Waals surface area contributed by atoms with Crippen LogP contribution in [0.2, 0.25) is 0 Å². The first-order valence-corrected chi connectivity index (χ1v) is 5.67. The van der Waals surface area contributed by atoms with E-state index in [0.29, 0.717) is 0 Å². The van der Waals surface area contributed by atoms with E-state index in [0.717, 1.165) is 9.80 Å². The van der Waals surface area contributed by atoms with Gasteiger partial charge in [-0.3, -0.25) is 33.8 Å². The van der Waals surface area contributed by atoms with Gasteiger partial charge >= 0.3 is 0 Å². The summed E-state index contributed by atoms with van der Waals surface area (Å²) < 4.78 is 0. The molecule has 18 heavy (non-hydrogen) atoms. The summed E-state index contributed by atoms with van der Waals surface area (Å²) in [7, 11) is 0. The molecule has 0 aromatic carbocycles. The fourth-order valence-electron chi connectivity index (χ4n) is 2.00. The largest absolute Gasteiger partial charge is 0.296 e. The van der Waals surface area contributed by atoms with Gasteiger partial charge in [-0.25, -0.2) is 0 Å². The number of likely N-dealkylation sites (tertiary alicyclic amines) is 2. The maximum Gasteiger partial charge on any atom is 0.230 e. The monoisotopic (exact) mass is 252 g/mol. The SMILES string of the molecule is O=C(CN1C(=O)CCC1=O)CN1C(=O)CCC1=O. The molecule has 2 heterocycles. The van der Waals surface area contributed by atoms with Crippen LogP contribution in [-0.2, 0) is 24.0 Å². The second kappa shape index (κ2) is 4.67. The predicted molar refractivity (Wildman–Crippen MR) is 56.9 cm³/mol. The minimum atomic E-state index is -0.484. The van der Waals surface area contributed by atoms with Gasteiger partial charge in [-0.05, 0) is 0 Å². The molecule has 2 fully saturated rings. The zero-order valence-corrected chi connectivity index (χ0v) is 9.68. The molecule has 2 saturated heterocycles. The molecule has 0 radical (unpaired) electrons. The van der Waals surface area contributed by atoms with E-state index in [1.165, 1.54) is 0 Å². The van der Waals surface area contributed by atoms with Crippen LogP contribution in [0.25, 0.3) is 0 Å². The summed E-state index contributed by atoms with van der Waals surface area (Å²) >= 11 is 0. The Kier molecular flexibility index (Phi) is 3.22. The lowest BCUT2D eigenvalue weighted by Gasteiger charge is -2.16. The minimum absolute atomic E-state index is 0.119. The Morgan fingerprint density at radius 1 is 0.722 bits per heavy atom. The summed E-state index contributed by atoms with van der Waals surface area (Å²) in [5.74, 6) is -2.01. The Bertz CT molecular complexity index is 384. The van der Waals surface area contributed by atoms with E-state index in [1.807, 2.05) is 0 Å². The average molecular weight is 252 g/mol. The van der Waals surface area contributed by atoms with Crippen LogP contribution >= 0.6 is 0 Å². The predicted octanol–water partition coefficient (Wildman–Crippen LogP) is -1.15. The molecule has 7 heteroatoms. The van der Waals surface area contributed by atoms with Gasteiger partial charge in [-0.1, -0.05) is 0 Å². The summed E-state index contributed by atoms with van der Waals surface area (Å²) in [6.07, 6.45) is 0.475. The first kappa shape index (κ1) is 12.4. The highest BCUT2D eigenvalue weighted by molar-refractivity contribution is 6.07. The standard InChI is InChI=1S/C11H12N2O5/c14-7(5-12-8(15)1-2-9(12)16)6-13-10(17)3-4-11(13)18/h1-6H2. The summed E-state index contributed by atoms with van der Waals surface area (Å²) in [6.45, 7) is -0.705. The van der Waals surface area contributed by atoms with Crippen LogP contribution in [0.1, 0.15) is 25.7 Å². The second-order valence-electron chi connectivity index (χ2n) is 4.29. The molecule has 4 amide bonds. The molecule has 0 aromatic heterocycles. The molecule has 0 aromatic rings. The fourth-order valence-corrected chi connectivity index (χ4v) is 2.00. The van der Waals surface area contributed by atoms with E-state index >= 15 is 0 Å². The third-order valence-corrected chi connectivity index (χ3v) is 2.98. The van der Waals surface area contributed by atoms with E-state index < -0.39 is 5.78 Å². The molecule has 2 rings (SSSR count). The Morgan fingerprint density at radius 3 is 1.28 bits per heavy atom. The maximum absolute atomic E-state index is 11.6. The van der Waals surface area contributed by atoms with Gasteiger partial charge in [0.2, 0.25) is 23.6 Å². The number of nitrogens with zero attached hydrogens (tertiary/aromatic N) is 2. The highest BCUT2D eigenvalue weighted by atomic mass is 16.2. The molecule has 0 spiro atoms. The number of rotatable bonds is 4. The average Bonchev–Trinajstić information content (AvgIpc) is 2.79. The third kappa shape index (κ3) is 2.29. The number of amides is 4. The Balaban J connectivity index is 1.93. The molecule has 2 aliphatic heterocycles. The van der Waals surface area contributed by atoms with Crippen LogP contribution in [0.4, 0.5) is 0 Å². The highest BCUT2D eigenvalue weighted by Gasteiger charge is 2.34. The quantitative estimate of drug-likeness (QED) is 0.589. The van der Waals surface area contributed by atoms with Crippen molar-refractivity contribution in [3.8, 4) is 0 Å². The van der Waals surface area contributed by atoms with Crippen LogP contribution in [-0.4, -0.2) is 52.3 Å². The van der Waals surface area contributed by atoms with Crippen molar-refractivity contribution < 1.29 is 24.0 Å². The van der Waals surface area contributed by atoms with Gasteiger partial charge in [0, 0.05) is 25.7 Å². The number of imide groups is 2. The molecule has 96 valence electrons. The summed E-state index contributed by atoms with van der Waals surface area (Å²) in [5, 5.41) is 0. The lowest BCUT2D eigenvalue weighted by atomic mass is 10.3. The molecule has 0 N–H and O–H groups in total. The molecule has 0 atom stereocenters. The van der Waals surface area contributed by atoms with Crippen molar-refractivity contribution in [1.82, 2.24) is 9.80 Å². The highest BCUT2D eigenvalue weighted by Crippen LogP contribution is 2.13. The number of carbonyl (C=O) groups is 5. The zero-order chi connectivity index (χ0) is 13.3. The molecular weight excluding hydrogens is 240 g/mol. The molecule has 0 aliphatic carbocycles. The normalized spacial score (nSPS) is 20.2. The number of hydrogen-bond donors (Lipinski definition) is 0. The second-order valence-corrected chi connectivity index (χ2v) is 4.29. The first-order chi connectivity index (χ1) is 8.49. The number of ketones is 1. The molecule has 0 unspecified atom stereocenters. The van der Waals surface area contributed by atoms with Gasteiger partial charge in [0.05, 0.1) is 13.1 Å². The number of hydrogen-bond acceptors (Lipinski definition) is 5. The summed E-state index contributed by atoms with van der Waals surface area (Å²) in [5.41, 5.74) is 0. The number of Topliss-reactive ketones (excluding diaryl/α,β-unsaturated/α-hetero) is 1. The van der Waals surface area contributed by atoms with Crippen molar-refractivity contribution in [3.63, 3.8) is 0 Å². The fraction of sp³-hybridized carbons (Fsp3) is 0.545. The van der Waals surface area contributed by atoms with Crippen LogP contribution in [0, 0.1) is 0 Å². The molecular formula is C11H12N2O5. The molecule has 7 nitrogen and oxygen atoms in total. The molecule has 0 saturated carbocycles. The molecule has 0 bridgehead atoms. The number of carbonyl (C=O) groups excluding carboxylic acids is 5. The van der Waals surface area contributed by atoms with Gasteiger partial charge in [0.15, 0.2) is 5.78 Å². The van der Waals surface area contributed by atoms with E-state index in [9.17, 15) is 24.0 Å². The first-order valence-electron chi connectivity index (χ1n) is 5.67. The van der Waals surface area contributed by atoms with Gasteiger partial charge in [0.1, 0.15) is 0 Å². The van der Waals surface area contributed by atoms with Gasteiger partial charge in [0.25, 0.3) is 0 Å². The van der Waals surface area contributed by atoms with Crippen molar-refractivity contribution in [3.05, 3.63) is 0 Å². The van der Waals surface area contributed by atoms with Crippen molar-refractivity contribution in [1.29, 1.82) is 0 Å². The third-order valence-electron chi connectivity index (χ3n) is 2.98. The van der Waals surface area contributed by atoms with E-state index in [1.54, 1.807) is 0 Å². The smallest absolute Gasteiger partial charge is 0.230 e. The molecule has 2 aliphatic rings. The zero-order valence-electron chi connectivity index (χ0n) is 9.68. The van der Waals surface area contributed by atoms with Crippen LogP contribution < -0.4 is 0 Å². The topological polar surface area (TPSA) is 91.8 Å². The maximum atomic E-state index is 11.6. The lowest BCUT2D eigenvalue weighted by Crippen LogP contribution is -2.41. The summed E-state index contributed by atoms with van der Waals surface area (Å²) in [6, 6.07) is 0. The minimum Gasteiger partial charge on any atom is -0.296 e. The van der Waals surface area contributed by atoms with Crippen molar-refractivity contribution in [2.24, 2.45) is 0 Å². The Morgan fingerprint density at radius 2 is 1.00 bits per heavy atom. The van der Waals surface area contributed by atoms with E-state index in [2.05, 4.69) is 0 Å². The van der Waals surface area contributed by atoms with Crippen LogP contribution in [0.5, 0.6) is 0 Å². The van der Waals surface area contributed by atoms with E-state index in [-0.39, 0.29) is 62.4 Å². The van der Waals surface area contributed by atoms with Crippen molar-refractivity contribution in [2.45, 2.75) is 25.7 Å². The Labute approximate surface area is 103 Å². The van der Waals surface area contributed by atoms with Crippen molar-refractivity contribution >= 4 is 29.4 Å². The Hall–Kier alpha value is -2.05. The summed E-state index contributed by atoms with van der Waals surface area (Å²) in [4.78, 5) is 58.6.